The average Bonchev–Trinajstić information content (AvgIpc) is 2.46. The highest BCUT2D eigenvalue weighted by molar-refractivity contribution is 5.94. The van der Waals surface area contributed by atoms with Crippen molar-refractivity contribution < 1.29 is 9.90 Å². The number of aliphatic hydroxyl groups excluding tert-OH is 1. The summed E-state index contributed by atoms with van der Waals surface area (Å²) in [4.78, 5) is 16.5. The number of rotatable bonds is 4. The predicted molar refractivity (Wildman–Crippen MR) is 75.2 cm³/mol. The van der Waals surface area contributed by atoms with E-state index in [4.69, 9.17) is 5.11 Å². The first-order chi connectivity index (χ1) is 9.20. The molecule has 0 aromatic heterocycles. The lowest BCUT2D eigenvalue weighted by atomic mass is 10.1. The van der Waals surface area contributed by atoms with Gasteiger partial charge in [-0.05, 0) is 25.5 Å². The van der Waals surface area contributed by atoms with Crippen molar-refractivity contribution in [3.63, 3.8) is 0 Å². The molecule has 0 spiro atoms. The van der Waals surface area contributed by atoms with E-state index in [9.17, 15) is 4.79 Å². The number of amides is 1. The number of piperazine rings is 1. The molecule has 1 aromatic carbocycles. The van der Waals surface area contributed by atoms with Gasteiger partial charge in [-0.2, -0.15) is 0 Å². The lowest BCUT2D eigenvalue weighted by Gasteiger charge is -2.34. The molecule has 2 rings (SSSR count). The van der Waals surface area contributed by atoms with Crippen LogP contribution in [-0.2, 0) is 0 Å². The average molecular weight is 262 g/mol. The van der Waals surface area contributed by atoms with Gasteiger partial charge in [0.05, 0.1) is 0 Å². The largest absolute Gasteiger partial charge is 0.396 e. The first kappa shape index (κ1) is 14.0. The summed E-state index contributed by atoms with van der Waals surface area (Å²) in [6.45, 7) is 6.53. The van der Waals surface area contributed by atoms with Crippen LogP contribution in [-0.4, -0.2) is 60.1 Å². The first-order valence-corrected chi connectivity index (χ1v) is 6.90. The molecule has 1 fully saturated rings. The summed E-state index contributed by atoms with van der Waals surface area (Å²) >= 11 is 0. The molecule has 104 valence electrons. The fourth-order valence-electron chi connectivity index (χ4n) is 2.35. The van der Waals surface area contributed by atoms with E-state index in [0.717, 1.165) is 44.7 Å². The van der Waals surface area contributed by atoms with E-state index < -0.39 is 0 Å². The van der Waals surface area contributed by atoms with Crippen molar-refractivity contribution in [1.29, 1.82) is 0 Å². The molecule has 1 aliphatic rings. The Bertz CT molecular complexity index is 409. The Labute approximate surface area is 114 Å². The Morgan fingerprint density at radius 1 is 1.16 bits per heavy atom. The van der Waals surface area contributed by atoms with Gasteiger partial charge in [-0.1, -0.05) is 17.7 Å². The maximum absolute atomic E-state index is 12.3. The van der Waals surface area contributed by atoms with Gasteiger partial charge >= 0.3 is 0 Å². The standard InChI is InChI=1S/C15H22N2O2/c1-13-3-5-14(6-4-13)15(19)17-10-8-16(9-11-17)7-2-12-18/h3-6,18H,2,7-12H2,1H3. The predicted octanol–water partition coefficient (Wildman–Crippen LogP) is 1.14. The zero-order valence-electron chi connectivity index (χ0n) is 11.5. The van der Waals surface area contributed by atoms with Gasteiger partial charge in [0.2, 0.25) is 0 Å². The fourth-order valence-corrected chi connectivity index (χ4v) is 2.35. The fraction of sp³-hybridized carbons (Fsp3) is 0.533. The second kappa shape index (κ2) is 6.68. The summed E-state index contributed by atoms with van der Waals surface area (Å²) in [6.07, 6.45) is 0.811. The summed E-state index contributed by atoms with van der Waals surface area (Å²) in [5.41, 5.74) is 1.94. The molecule has 0 aliphatic carbocycles. The van der Waals surface area contributed by atoms with E-state index in [0.29, 0.717) is 0 Å². The van der Waals surface area contributed by atoms with Crippen LogP contribution in [0, 0.1) is 6.92 Å². The normalized spacial score (nSPS) is 16.6. The van der Waals surface area contributed by atoms with Gasteiger partial charge in [0.15, 0.2) is 0 Å². The Morgan fingerprint density at radius 2 is 1.79 bits per heavy atom. The maximum atomic E-state index is 12.3. The van der Waals surface area contributed by atoms with Crippen LogP contribution in [0.5, 0.6) is 0 Å². The number of hydrogen-bond acceptors (Lipinski definition) is 3. The van der Waals surface area contributed by atoms with Crippen molar-refractivity contribution in [2.24, 2.45) is 0 Å². The quantitative estimate of drug-likeness (QED) is 0.885. The molecule has 0 bridgehead atoms. The third-order valence-corrected chi connectivity index (χ3v) is 3.59. The van der Waals surface area contributed by atoms with Gasteiger partial charge in [-0.25, -0.2) is 0 Å². The highest BCUT2D eigenvalue weighted by Crippen LogP contribution is 2.10. The molecule has 0 saturated carbocycles. The van der Waals surface area contributed by atoms with Crippen LogP contribution in [0.25, 0.3) is 0 Å². The van der Waals surface area contributed by atoms with Crippen LogP contribution in [0.1, 0.15) is 22.3 Å². The zero-order chi connectivity index (χ0) is 13.7. The van der Waals surface area contributed by atoms with Crippen molar-refractivity contribution in [2.45, 2.75) is 13.3 Å². The van der Waals surface area contributed by atoms with Gasteiger partial charge in [-0.3, -0.25) is 9.69 Å². The molecule has 4 heteroatoms. The molecule has 1 heterocycles. The smallest absolute Gasteiger partial charge is 0.253 e. The van der Waals surface area contributed by atoms with Gasteiger partial charge in [0, 0.05) is 44.9 Å². The molecule has 1 aliphatic heterocycles. The van der Waals surface area contributed by atoms with Crippen molar-refractivity contribution in [3.8, 4) is 0 Å². The Kier molecular flexibility index (Phi) is 4.93. The lowest BCUT2D eigenvalue weighted by molar-refractivity contribution is 0.0629. The molecular weight excluding hydrogens is 240 g/mol. The van der Waals surface area contributed by atoms with E-state index in [1.165, 1.54) is 5.56 Å². The first-order valence-electron chi connectivity index (χ1n) is 6.90. The summed E-state index contributed by atoms with van der Waals surface area (Å²) in [5, 5.41) is 8.82. The van der Waals surface area contributed by atoms with Crippen LogP contribution >= 0.6 is 0 Å². The number of benzene rings is 1. The minimum absolute atomic E-state index is 0.127. The highest BCUT2D eigenvalue weighted by Gasteiger charge is 2.21. The van der Waals surface area contributed by atoms with E-state index in [1.807, 2.05) is 36.1 Å². The van der Waals surface area contributed by atoms with Crippen molar-refractivity contribution in [2.75, 3.05) is 39.3 Å². The zero-order valence-corrected chi connectivity index (χ0v) is 11.5. The number of hydrogen-bond donors (Lipinski definition) is 1. The van der Waals surface area contributed by atoms with E-state index in [2.05, 4.69) is 4.90 Å². The highest BCUT2D eigenvalue weighted by atomic mass is 16.3. The van der Waals surface area contributed by atoms with E-state index in [1.54, 1.807) is 0 Å². The molecule has 0 unspecified atom stereocenters. The minimum Gasteiger partial charge on any atom is -0.396 e. The van der Waals surface area contributed by atoms with Gasteiger partial charge < -0.3 is 10.0 Å². The number of aliphatic hydroxyl groups is 1. The molecule has 4 nitrogen and oxygen atoms in total. The van der Waals surface area contributed by atoms with Gasteiger partial charge in [-0.15, -0.1) is 0 Å². The summed E-state index contributed by atoms with van der Waals surface area (Å²) in [7, 11) is 0. The SMILES string of the molecule is Cc1ccc(C(=O)N2CCN(CCCO)CC2)cc1. The molecule has 19 heavy (non-hydrogen) atoms. The second-order valence-corrected chi connectivity index (χ2v) is 5.08. The van der Waals surface area contributed by atoms with Crippen molar-refractivity contribution in [1.82, 2.24) is 9.80 Å². The number of carbonyl (C=O) groups is 1. The van der Waals surface area contributed by atoms with Crippen LogP contribution in [0.3, 0.4) is 0 Å². The Hall–Kier alpha value is -1.39. The molecule has 0 radical (unpaired) electrons. The van der Waals surface area contributed by atoms with Crippen LogP contribution in [0.4, 0.5) is 0 Å². The van der Waals surface area contributed by atoms with E-state index >= 15 is 0 Å². The summed E-state index contributed by atoms with van der Waals surface area (Å²) < 4.78 is 0. The van der Waals surface area contributed by atoms with Gasteiger partial charge in [0.1, 0.15) is 0 Å². The second-order valence-electron chi connectivity index (χ2n) is 5.08. The Morgan fingerprint density at radius 3 is 2.37 bits per heavy atom. The number of aryl methyl sites for hydroxylation is 1. The third-order valence-electron chi connectivity index (χ3n) is 3.59. The van der Waals surface area contributed by atoms with Crippen molar-refractivity contribution in [3.05, 3.63) is 35.4 Å². The van der Waals surface area contributed by atoms with Crippen molar-refractivity contribution >= 4 is 5.91 Å². The number of nitrogens with zero attached hydrogens (tertiary/aromatic N) is 2. The van der Waals surface area contributed by atoms with Crippen LogP contribution < -0.4 is 0 Å². The number of carbonyl (C=O) groups excluding carboxylic acids is 1. The maximum Gasteiger partial charge on any atom is 0.253 e. The topological polar surface area (TPSA) is 43.8 Å². The monoisotopic (exact) mass is 262 g/mol. The molecule has 0 atom stereocenters. The Balaban J connectivity index is 1.87. The van der Waals surface area contributed by atoms with E-state index in [-0.39, 0.29) is 12.5 Å². The molecule has 1 aromatic rings. The molecule has 1 amide bonds. The molecule has 1 N–H and O–H groups in total. The molecule has 1 saturated heterocycles. The summed E-state index contributed by atoms with van der Waals surface area (Å²) in [5.74, 6) is 0.127. The minimum atomic E-state index is 0.127. The van der Waals surface area contributed by atoms with Crippen LogP contribution in [0.2, 0.25) is 0 Å². The third kappa shape index (κ3) is 3.78. The van der Waals surface area contributed by atoms with Gasteiger partial charge in [0.25, 0.3) is 5.91 Å². The molecular formula is C15H22N2O2. The lowest BCUT2D eigenvalue weighted by Crippen LogP contribution is -2.48. The summed E-state index contributed by atoms with van der Waals surface area (Å²) in [6, 6.07) is 7.75. The van der Waals surface area contributed by atoms with Crippen LogP contribution in [0.15, 0.2) is 24.3 Å².